The fraction of sp³-hybridized carbons (Fsp3) is 0.385. The first-order valence-electron chi connectivity index (χ1n) is 6.71. The van der Waals surface area contributed by atoms with Crippen molar-refractivity contribution in [2.45, 2.75) is 19.9 Å². The largest absolute Gasteiger partial charge is 0.370 e. The summed E-state index contributed by atoms with van der Waals surface area (Å²) in [5.74, 6) is 0.947. The zero-order chi connectivity index (χ0) is 15.2. The van der Waals surface area contributed by atoms with Crippen LogP contribution in [0.5, 0.6) is 0 Å². The van der Waals surface area contributed by atoms with Crippen LogP contribution in [0.3, 0.4) is 0 Å². The summed E-state index contributed by atoms with van der Waals surface area (Å²) in [5.41, 5.74) is 0.848. The molecule has 0 fully saturated rings. The molecule has 0 saturated carbocycles. The van der Waals surface area contributed by atoms with Gasteiger partial charge in [-0.15, -0.1) is 0 Å². The van der Waals surface area contributed by atoms with E-state index in [4.69, 9.17) is 0 Å². The molecule has 21 heavy (non-hydrogen) atoms. The monoisotopic (exact) mass is 290 g/mol. The molecular weight excluding hydrogens is 272 g/mol. The third-order valence-electron chi connectivity index (χ3n) is 2.80. The zero-order valence-electron chi connectivity index (χ0n) is 12.0. The Hall–Kier alpha value is -2.64. The van der Waals surface area contributed by atoms with Crippen molar-refractivity contribution >= 4 is 17.3 Å². The molecule has 8 nitrogen and oxygen atoms in total. The molecule has 0 aromatic carbocycles. The molecule has 0 bridgehead atoms. The molecular formula is C13H18N6O2. The van der Waals surface area contributed by atoms with Crippen LogP contribution in [0, 0.1) is 10.1 Å². The van der Waals surface area contributed by atoms with Gasteiger partial charge in [-0.3, -0.25) is 14.8 Å². The van der Waals surface area contributed by atoms with Crippen molar-refractivity contribution in [2.75, 3.05) is 17.2 Å². The molecule has 0 saturated heterocycles. The number of nitrogens with zero attached hydrogens (tertiary/aromatic N) is 4. The highest BCUT2D eigenvalue weighted by atomic mass is 16.6. The van der Waals surface area contributed by atoms with Gasteiger partial charge in [0.15, 0.2) is 0 Å². The summed E-state index contributed by atoms with van der Waals surface area (Å²) in [6.45, 7) is 3.20. The average Bonchev–Trinajstić information content (AvgIpc) is 2.88. The van der Waals surface area contributed by atoms with E-state index in [-0.39, 0.29) is 5.69 Å². The molecule has 112 valence electrons. The lowest BCUT2D eigenvalue weighted by Gasteiger charge is -2.08. The summed E-state index contributed by atoms with van der Waals surface area (Å²) in [6.07, 6.45) is 2.76. The maximum absolute atomic E-state index is 11.0. The minimum Gasteiger partial charge on any atom is -0.370 e. The van der Waals surface area contributed by atoms with Gasteiger partial charge in [-0.05, 0) is 12.5 Å². The molecule has 0 aliphatic heterocycles. The summed E-state index contributed by atoms with van der Waals surface area (Å²) in [6, 6.07) is 4.72. The maximum atomic E-state index is 11.0. The van der Waals surface area contributed by atoms with E-state index in [0.29, 0.717) is 24.7 Å². The number of aryl methyl sites for hydroxylation is 1. The number of aromatic nitrogens is 3. The average molecular weight is 290 g/mol. The van der Waals surface area contributed by atoms with Crippen LogP contribution in [0.15, 0.2) is 24.4 Å². The SMILES string of the molecule is CCCNc1cc([N+](=O)[O-])cc(NCc2ccn(C)n2)n1. The first-order chi connectivity index (χ1) is 10.1. The molecule has 0 unspecified atom stereocenters. The molecule has 2 aromatic rings. The predicted octanol–water partition coefficient (Wildman–Crippen LogP) is 2.16. The van der Waals surface area contributed by atoms with Crippen LogP contribution >= 0.6 is 0 Å². The highest BCUT2D eigenvalue weighted by molar-refractivity contribution is 5.54. The van der Waals surface area contributed by atoms with Crippen molar-refractivity contribution in [1.29, 1.82) is 0 Å². The van der Waals surface area contributed by atoms with E-state index < -0.39 is 4.92 Å². The predicted molar refractivity (Wildman–Crippen MR) is 80.2 cm³/mol. The normalized spacial score (nSPS) is 10.4. The van der Waals surface area contributed by atoms with Gasteiger partial charge >= 0.3 is 0 Å². The Morgan fingerprint density at radius 1 is 1.33 bits per heavy atom. The molecule has 0 spiro atoms. The van der Waals surface area contributed by atoms with Gasteiger partial charge in [-0.2, -0.15) is 5.10 Å². The molecule has 8 heteroatoms. The number of nitrogens with one attached hydrogen (secondary N) is 2. The second-order valence-corrected chi connectivity index (χ2v) is 4.61. The summed E-state index contributed by atoms with van der Waals surface area (Å²) < 4.78 is 1.70. The Kier molecular flexibility index (Phi) is 4.70. The van der Waals surface area contributed by atoms with E-state index in [1.807, 2.05) is 26.2 Å². The number of hydrogen-bond donors (Lipinski definition) is 2. The van der Waals surface area contributed by atoms with E-state index in [9.17, 15) is 10.1 Å². The summed E-state index contributed by atoms with van der Waals surface area (Å²) in [4.78, 5) is 14.9. The topological polar surface area (TPSA) is 97.9 Å². The third kappa shape index (κ3) is 4.16. The third-order valence-corrected chi connectivity index (χ3v) is 2.80. The highest BCUT2D eigenvalue weighted by Gasteiger charge is 2.11. The Balaban J connectivity index is 2.12. The van der Waals surface area contributed by atoms with Crippen molar-refractivity contribution < 1.29 is 4.92 Å². The lowest BCUT2D eigenvalue weighted by Crippen LogP contribution is -2.07. The molecule has 0 aliphatic rings. The quantitative estimate of drug-likeness (QED) is 0.599. The van der Waals surface area contributed by atoms with Gasteiger partial charge in [0.2, 0.25) is 0 Å². The summed E-state index contributed by atoms with van der Waals surface area (Å²) in [5, 5.41) is 21.3. The molecule has 2 rings (SSSR count). The van der Waals surface area contributed by atoms with E-state index in [1.165, 1.54) is 12.1 Å². The van der Waals surface area contributed by atoms with Crippen molar-refractivity contribution in [3.8, 4) is 0 Å². The van der Waals surface area contributed by atoms with Gasteiger partial charge in [-0.25, -0.2) is 4.98 Å². The van der Waals surface area contributed by atoms with Gasteiger partial charge < -0.3 is 10.6 Å². The molecule has 0 atom stereocenters. The number of pyridine rings is 1. The fourth-order valence-corrected chi connectivity index (χ4v) is 1.79. The summed E-state index contributed by atoms with van der Waals surface area (Å²) in [7, 11) is 1.84. The first kappa shape index (κ1) is 14.8. The molecule has 0 aliphatic carbocycles. The zero-order valence-corrected chi connectivity index (χ0v) is 12.0. The van der Waals surface area contributed by atoms with Gasteiger partial charge in [0.1, 0.15) is 11.6 Å². The second kappa shape index (κ2) is 6.69. The van der Waals surface area contributed by atoms with E-state index >= 15 is 0 Å². The standard InChI is InChI=1S/C13H18N6O2/c1-3-5-14-12-7-11(19(20)21)8-13(16-12)15-9-10-4-6-18(2)17-10/h4,6-8H,3,5,9H2,1-2H3,(H2,14,15,16). The Labute approximate surface area is 122 Å². The lowest BCUT2D eigenvalue weighted by atomic mass is 10.3. The van der Waals surface area contributed by atoms with Crippen LogP contribution in [0.2, 0.25) is 0 Å². The summed E-state index contributed by atoms with van der Waals surface area (Å²) >= 11 is 0. The Bertz CT molecular complexity index is 625. The van der Waals surface area contributed by atoms with E-state index in [2.05, 4.69) is 20.7 Å². The second-order valence-electron chi connectivity index (χ2n) is 4.61. The molecule has 0 radical (unpaired) electrons. The van der Waals surface area contributed by atoms with Crippen molar-refractivity contribution in [2.24, 2.45) is 7.05 Å². The molecule has 0 amide bonds. The number of rotatable bonds is 7. The van der Waals surface area contributed by atoms with Crippen LogP contribution in [0.4, 0.5) is 17.3 Å². The van der Waals surface area contributed by atoms with E-state index in [0.717, 1.165) is 12.1 Å². The van der Waals surface area contributed by atoms with Crippen molar-refractivity contribution in [3.05, 3.63) is 40.2 Å². The highest BCUT2D eigenvalue weighted by Crippen LogP contribution is 2.21. The minimum atomic E-state index is -0.426. The fourth-order valence-electron chi connectivity index (χ4n) is 1.79. The number of hydrogen-bond acceptors (Lipinski definition) is 6. The minimum absolute atomic E-state index is 0.00660. The molecule has 2 aromatic heterocycles. The molecule has 2 N–H and O–H groups in total. The van der Waals surface area contributed by atoms with Gasteiger partial charge in [-0.1, -0.05) is 6.92 Å². The van der Waals surface area contributed by atoms with Crippen LogP contribution in [-0.4, -0.2) is 26.2 Å². The first-order valence-corrected chi connectivity index (χ1v) is 6.71. The van der Waals surface area contributed by atoms with Crippen LogP contribution in [0.1, 0.15) is 19.0 Å². The van der Waals surface area contributed by atoms with Gasteiger partial charge in [0.25, 0.3) is 5.69 Å². The number of nitro groups is 1. The molecule has 2 heterocycles. The van der Waals surface area contributed by atoms with Gasteiger partial charge in [0.05, 0.1) is 29.3 Å². The van der Waals surface area contributed by atoms with Crippen LogP contribution in [-0.2, 0) is 13.6 Å². The van der Waals surface area contributed by atoms with Crippen molar-refractivity contribution in [3.63, 3.8) is 0 Å². The Morgan fingerprint density at radius 2 is 2.05 bits per heavy atom. The smallest absolute Gasteiger partial charge is 0.276 e. The van der Waals surface area contributed by atoms with Crippen LogP contribution in [0.25, 0.3) is 0 Å². The van der Waals surface area contributed by atoms with Crippen LogP contribution < -0.4 is 10.6 Å². The van der Waals surface area contributed by atoms with Gasteiger partial charge in [0, 0.05) is 19.8 Å². The Morgan fingerprint density at radius 3 is 2.62 bits per heavy atom. The van der Waals surface area contributed by atoms with E-state index in [1.54, 1.807) is 4.68 Å². The van der Waals surface area contributed by atoms with Crippen molar-refractivity contribution in [1.82, 2.24) is 14.8 Å². The lowest BCUT2D eigenvalue weighted by molar-refractivity contribution is -0.384. The maximum Gasteiger partial charge on any atom is 0.276 e. The number of anilines is 2.